The first-order valence-electron chi connectivity index (χ1n) is 8.72. The van der Waals surface area contributed by atoms with E-state index >= 15 is 0 Å². The Morgan fingerprint density at radius 2 is 1.83 bits per heavy atom. The molecule has 2 aromatic carbocycles. The molecule has 4 rings (SSSR count). The van der Waals surface area contributed by atoms with Gasteiger partial charge in [-0.1, -0.05) is 24.3 Å². The SMILES string of the molecule is O=C(NCc1cccc(C(F)(F)F)c1)c1cc(-c2ccc(F)cc2)c2nncn2n1. The minimum absolute atomic E-state index is 0.00796. The first kappa shape index (κ1) is 19.5. The van der Waals surface area contributed by atoms with Crippen molar-refractivity contribution in [2.45, 2.75) is 12.7 Å². The Balaban J connectivity index is 1.60. The highest BCUT2D eigenvalue weighted by atomic mass is 19.4. The Morgan fingerprint density at radius 3 is 2.57 bits per heavy atom. The maximum absolute atomic E-state index is 13.2. The normalized spacial score (nSPS) is 11.6. The van der Waals surface area contributed by atoms with Crippen LogP contribution in [0.2, 0.25) is 0 Å². The van der Waals surface area contributed by atoms with Crippen molar-refractivity contribution in [3.8, 4) is 11.1 Å². The molecule has 30 heavy (non-hydrogen) atoms. The third kappa shape index (κ3) is 3.97. The van der Waals surface area contributed by atoms with Crippen molar-refractivity contribution >= 4 is 11.6 Å². The molecule has 0 atom stereocenters. The average Bonchev–Trinajstić information content (AvgIpc) is 3.20. The number of rotatable bonds is 4. The topological polar surface area (TPSA) is 72.2 Å². The molecular weight excluding hydrogens is 402 g/mol. The second kappa shape index (κ2) is 7.54. The first-order chi connectivity index (χ1) is 14.3. The van der Waals surface area contributed by atoms with Gasteiger partial charge in [0.1, 0.15) is 17.8 Å². The summed E-state index contributed by atoms with van der Waals surface area (Å²) in [6.45, 7) is -0.115. The van der Waals surface area contributed by atoms with Gasteiger partial charge in [0, 0.05) is 12.1 Å². The molecule has 0 spiro atoms. The number of hydrogen-bond acceptors (Lipinski definition) is 4. The van der Waals surface area contributed by atoms with Crippen molar-refractivity contribution < 1.29 is 22.4 Å². The Kier molecular flexibility index (Phi) is 4.90. The number of halogens is 4. The van der Waals surface area contributed by atoms with Gasteiger partial charge in [-0.15, -0.1) is 10.2 Å². The van der Waals surface area contributed by atoms with Crippen molar-refractivity contribution in [1.29, 1.82) is 0 Å². The highest BCUT2D eigenvalue weighted by Crippen LogP contribution is 2.29. The second-order valence-electron chi connectivity index (χ2n) is 6.43. The zero-order valence-corrected chi connectivity index (χ0v) is 15.2. The lowest BCUT2D eigenvalue weighted by Gasteiger charge is -2.10. The molecule has 10 heteroatoms. The van der Waals surface area contributed by atoms with E-state index < -0.39 is 23.5 Å². The summed E-state index contributed by atoms with van der Waals surface area (Å²) >= 11 is 0. The van der Waals surface area contributed by atoms with Crippen molar-refractivity contribution in [2.75, 3.05) is 0 Å². The van der Waals surface area contributed by atoms with Crippen LogP contribution in [0.5, 0.6) is 0 Å². The third-order valence-electron chi connectivity index (χ3n) is 4.36. The molecule has 0 bridgehead atoms. The smallest absolute Gasteiger partial charge is 0.347 e. The van der Waals surface area contributed by atoms with Gasteiger partial charge in [-0.05, 0) is 41.5 Å². The van der Waals surface area contributed by atoms with E-state index in [1.165, 1.54) is 53.3 Å². The lowest BCUT2D eigenvalue weighted by molar-refractivity contribution is -0.137. The van der Waals surface area contributed by atoms with Gasteiger partial charge in [-0.3, -0.25) is 4.79 Å². The third-order valence-corrected chi connectivity index (χ3v) is 4.36. The fourth-order valence-electron chi connectivity index (χ4n) is 2.91. The fraction of sp³-hybridized carbons (Fsp3) is 0.100. The minimum atomic E-state index is -4.47. The number of carbonyl (C=O) groups is 1. The summed E-state index contributed by atoms with van der Waals surface area (Å²) in [7, 11) is 0. The Bertz CT molecular complexity index is 1220. The van der Waals surface area contributed by atoms with E-state index in [1.807, 2.05) is 0 Å². The van der Waals surface area contributed by atoms with Crippen LogP contribution in [0, 0.1) is 5.82 Å². The molecule has 0 saturated heterocycles. The number of fused-ring (bicyclic) bond motifs is 1. The summed E-state index contributed by atoms with van der Waals surface area (Å²) in [6, 6.07) is 11.8. The van der Waals surface area contributed by atoms with Crippen LogP contribution in [0.1, 0.15) is 21.6 Å². The lowest BCUT2D eigenvalue weighted by Crippen LogP contribution is -2.25. The van der Waals surface area contributed by atoms with Crippen LogP contribution in [0.4, 0.5) is 17.6 Å². The zero-order chi connectivity index (χ0) is 21.3. The van der Waals surface area contributed by atoms with Gasteiger partial charge < -0.3 is 5.32 Å². The summed E-state index contributed by atoms with van der Waals surface area (Å²) in [5.41, 5.74) is 0.985. The molecule has 0 unspecified atom stereocenters. The average molecular weight is 415 g/mol. The summed E-state index contributed by atoms with van der Waals surface area (Å²) in [5.74, 6) is -1.00. The molecule has 2 aromatic heterocycles. The molecule has 1 N–H and O–H groups in total. The largest absolute Gasteiger partial charge is 0.416 e. The Labute approximate surface area is 167 Å². The second-order valence-corrected chi connectivity index (χ2v) is 6.43. The molecule has 0 aliphatic rings. The van der Waals surface area contributed by atoms with Gasteiger partial charge in [0.2, 0.25) is 0 Å². The molecule has 1 amide bonds. The van der Waals surface area contributed by atoms with Crippen LogP contribution in [0.3, 0.4) is 0 Å². The quantitative estimate of drug-likeness (QED) is 0.514. The first-order valence-corrected chi connectivity index (χ1v) is 8.72. The summed E-state index contributed by atoms with van der Waals surface area (Å²) < 4.78 is 53.1. The van der Waals surface area contributed by atoms with Crippen LogP contribution in [0.25, 0.3) is 16.8 Å². The van der Waals surface area contributed by atoms with Crippen LogP contribution < -0.4 is 5.32 Å². The van der Waals surface area contributed by atoms with E-state index in [2.05, 4.69) is 20.6 Å². The van der Waals surface area contributed by atoms with E-state index in [0.717, 1.165) is 12.1 Å². The van der Waals surface area contributed by atoms with Crippen molar-refractivity contribution in [2.24, 2.45) is 0 Å². The number of aromatic nitrogens is 4. The molecule has 0 aliphatic carbocycles. The minimum Gasteiger partial charge on any atom is -0.347 e. The van der Waals surface area contributed by atoms with Crippen molar-refractivity contribution in [3.63, 3.8) is 0 Å². The number of nitrogens with zero attached hydrogens (tertiary/aromatic N) is 4. The van der Waals surface area contributed by atoms with Gasteiger partial charge >= 0.3 is 6.18 Å². The fourth-order valence-corrected chi connectivity index (χ4v) is 2.91. The number of benzene rings is 2. The highest BCUT2D eigenvalue weighted by molar-refractivity contribution is 5.94. The summed E-state index contributed by atoms with van der Waals surface area (Å²) in [5, 5.41) is 14.4. The van der Waals surface area contributed by atoms with Crippen LogP contribution >= 0.6 is 0 Å². The predicted octanol–water partition coefficient (Wildman–Crippen LogP) is 3.88. The molecule has 0 saturated carbocycles. The zero-order valence-electron chi connectivity index (χ0n) is 15.2. The molecular formula is C20H13F4N5O. The van der Waals surface area contributed by atoms with Crippen LogP contribution in [0.15, 0.2) is 60.9 Å². The molecule has 0 radical (unpaired) electrons. The Hall–Kier alpha value is -3.82. The standard InChI is InChI=1S/C20H13F4N5O/c21-15-6-4-13(5-7-15)16-9-17(28-29-11-26-27-18(16)29)19(30)25-10-12-2-1-3-14(8-12)20(22,23)24/h1-9,11H,10H2,(H,25,30). The number of carbonyl (C=O) groups excluding carboxylic acids is 1. The van der Waals surface area contributed by atoms with Crippen LogP contribution in [-0.4, -0.2) is 25.7 Å². The molecule has 4 aromatic rings. The monoisotopic (exact) mass is 415 g/mol. The number of hydrogen-bond donors (Lipinski definition) is 1. The molecule has 0 fully saturated rings. The number of nitrogens with one attached hydrogen (secondary N) is 1. The van der Waals surface area contributed by atoms with Gasteiger partial charge in [-0.25, -0.2) is 4.39 Å². The maximum atomic E-state index is 13.2. The Morgan fingerprint density at radius 1 is 1.07 bits per heavy atom. The molecule has 152 valence electrons. The highest BCUT2D eigenvalue weighted by Gasteiger charge is 2.30. The predicted molar refractivity (Wildman–Crippen MR) is 98.8 cm³/mol. The van der Waals surface area contributed by atoms with E-state index in [0.29, 0.717) is 22.3 Å². The molecule has 0 aliphatic heterocycles. The molecule has 2 heterocycles. The summed E-state index contributed by atoms with van der Waals surface area (Å²) in [4.78, 5) is 12.6. The van der Waals surface area contributed by atoms with E-state index in [4.69, 9.17) is 0 Å². The van der Waals surface area contributed by atoms with Crippen LogP contribution in [-0.2, 0) is 12.7 Å². The maximum Gasteiger partial charge on any atom is 0.416 e. The van der Waals surface area contributed by atoms with E-state index in [1.54, 1.807) is 0 Å². The van der Waals surface area contributed by atoms with E-state index in [-0.39, 0.29) is 12.2 Å². The number of alkyl halides is 3. The van der Waals surface area contributed by atoms with E-state index in [9.17, 15) is 22.4 Å². The van der Waals surface area contributed by atoms with Gasteiger partial charge in [0.05, 0.1) is 5.56 Å². The van der Waals surface area contributed by atoms with Crippen molar-refractivity contribution in [1.82, 2.24) is 25.1 Å². The van der Waals surface area contributed by atoms with Crippen molar-refractivity contribution in [3.05, 3.63) is 83.6 Å². The molecule has 6 nitrogen and oxygen atoms in total. The lowest BCUT2D eigenvalue weighted by atomic mass is 10.1. The number of amides is 1. The van der Waals surface area contributed by atoms with Gasteiger partial charge in [-0.2, -0.15) is 22.8 Å². The van der Waals surface area contributed by atoms with Gasteiger partial charge in [0.15, 0.2) is 5.65 Å². The van der Waals surface area contributed by atoms with Gasteiger partial charge in [0.25, 0.3) is 5.91 Å². The summed E-state index contributed by atoms with van der Waals surface area (Å²) in [6.07, 6.45) is -3.16.